The van der Waals surface area contributed by atoms with E-state index < -0.39 is 5.97 Å². The number of anilines is 3. The average Bonchev–Trinajstić information content (AvgIpc) is 3.19. The number of nitrogens with zero attached hydrogens (tertiary/aromatic N) is 2. The van der Waals surface area contributed by atoms with Crippen molar-refractivity contribution in [3.63, 3.8) is 0 Å². The SMILES string of the molecule is CCc1ccccc1NC=C1C(=O)N(c2ccc(C(=O)ONc3ccccc3CC)cc2)N=C1C. The zero-order valence-corrected chi connectivity index (χ0v) is 20.0. The van der Waals surface area contributed by atoms with E-state index in [9.17, 15) is 9.59 Å². The van der Waals surface area contributed by atoms with Crippen LogP contribution in [0.25, 0.3) is 0 Å². The van der Waals surface area contributed by atoms with Crippen molar-refractivity contribution in [3.8, 4) is 0 Å². The predicted octanol–water partition coefficient (Wildman–Crippen LogP) is 5.71. The van der Waals surface area contributed by atoms with Gasteiger partial charge < -0.3 is 10.2 Å². The third-order valence-electron chi connectivity index (χ3n) is 5.83. The molecule has 0 spiro atoms. The number of nitrogens with one attached hydrogen (secondary N) is 2. The van der Waals surface area contributed by atoms with Gasteiger partial charge in [-0.25, -0.2) is 10.3 Å². The van der Waals surface area contributed by atoms with E-state index in [4.69, 9.17) is 4.84 Å². The molecule has 0 atom stereocenters. The maximum absolute atomic E-state index is 13.0. The van der Waals surface area contributed by atoms with E-state index in [1.165, 1.54) is 5.01 Å². The minimum Gasteiger partial charge on any atom is -0.361 e. The molecule has 4 rings (SSSR count). The van der Waals surface area contributed by atoms with Gasteiger partial charge in [-0.2, -0.15) is 10.1 Å². The second kappa shape index (κ2) is 10.7. The van der Waals surface area contributed by atoms with Gasteiger partial charge in [0.15, 0.2) is 0 Å². The van der Waals surface area contributed by atoms with Crippen LogP contribution >= 0.6 is 0 Å². The minimum atomic E-state index is -0.519. The number of hydrogen-bond acceptors (Lipinski definition) is 6. The lowest BCUT2D eigenvalue weighted by Crippen LogP contribution is -2.22. The van der Waals surface area contributed by atoms with Gasteiger partial charge in [0, 0.05) is 11.9 Å². The molecular weight excluding hydrogens is 440 g/mol. The molecule has 1 heterocycles. The van der Waals surface area contributed by atoms with E-state index in [2.05, 4.69) is 28.9 Å². The van der Waals surface area contributed by atoms with Gasteiger partial charge >= 0.3 is 5.97 Å². The summed E-state index contributed by atoms with van der Waals surface area (Å²) in [5, 5.41) is 8.98. The Hall–Kier alpha value is -4.39. The maximum Gasteiger partial charge on any atom is 0.362 e. The number of rotatable bonds is 8. The molecule has 0 bridgehead atoms. The molecule has 1 aliphatic heterocycles. The molecule has 178 valence electrons. The van der Waals surface area contributed by atoms with Crippen LogP contribution in [-0.4, -0.2) is 17.6 Å². The molecule has 3 aromatic carbocycles. The number of benzene rings is 3. The number of aryl methyl sites for hydroxylation is 2. The highest BCUT2D eigenvalue weighted by molar-refractivity contribution is 6.29. The lowest BCUT2D eigenvalue weighted by atomic mass is 10.1. The van der Waals surface area contributed by atoms with Gasteiger partial charge in [-0.15, -0.1) is 0 Å². The molecule has 1 amide bonds. The summed E-state index contributed by atoms with van der Waals surface area (Å²) >= 11 is 0. The van der Waals surface area contributed by atoms with Gasteiger partial charge in [0.2, 0.25) is 0 Å². The maximum atomic E-state index is 13.0. The summed E-state index contributed by atoms with van der Waals surface area (Å²) in [6.45, 7) is 5.91. The molecule has 0 saturated heterocycles. The van der Waals surface area contributed by atoms with E-state index in [0.29, 0.717) is 22.5 Å². The summed E-state index contributed by atoms with van der Waals surface area (Å²) in [6.07, 6.45) is 3.40. The Morgan fingerprint density at radius 2 is 1.51 bits per heavy atom. The number of para-hydroxylation sites is 2. The van der Waals surface area contributed by atoms with Gasteiger partial charge in [-0.05, 0) is 67.3 Å². The van der Waals surface area contributed by atoms with E-state index in [-0.39, 0.29) is 5.91 Å². The number of hydrazone groups is 1. The Morgan fingerprint density at radius 1 is 0.914 bits per heavy atom. The van der Waals surface area contributed by atoms with Crippen molar-refractivity contribution in [2.24, 2.45) is 5.10 Å². The van der Waals surface area contributed by atoms with Crippen LogP contribution in [0.15, 0.2) is 89.7 Å². The Bertz CT molecular complexity index is 1300. The molecular formula is C28H28N4O3. The van der Waals surface area contributed by atoms with Crippen molar-refractivity contribution in [1.82, 2.24) is 0 Å². The molecule has 7 heteroatoms. The van der Waals surface area contributed by atoms with Crippen LogP contribution in [0.5, 0.6) is 0 Å². The van der Waals surface area contributed by atoms with E-state index >= 15 is 0 Å². The molecule has 0 radical (unpaired) electrons. The van der Waals surface area contributed by atoms with Crippen LogP contribution in [0.4, 0.5) is 17.1 Å². The third kappa shape index (κ3) is 5.24. The fourth-order valence-electron chi connectivity index (χ4n) is 3.81. The summed E-state index contributed by atoms with van der Waals surface area (Å²) < 4.78 is 0. The average molecular weight is 469 g/mol. The normalized spacial score (nSPS) is 14.1. The zero-order chi connectivity index (χ0) is 24.8. The Labute approximate surface area is 205 Å². The number of carbonyl (C=O) groups is 2. The monoisotopic (exact) mass is 468 g/mol. The Kier molecular flexibility index (Phi) is 7.26. The van der Waals surface area contributed by atoms with E-state index in [0.717, 1.165) is 35.3 Å². The third-order valence-corrected chi connectivity index (χ3v) is 5.83. The first kappa shape index (κ1) is 23.8. The molecule has 35 heavy (non-hydrogen) atoms. The van der Waals surface area contributed by atoms with Crippen molar-refractivity contribution in [2.45, 2.75) is 33.6 Å². The first-order valence-corrected chi connectivity index (χ1v) is 11.6. The predicted molar refractivity (Wildman–Crippen MR) is 139 cm³/mol. The zero-order valence-electron chi connectivity index (χ0n) is 20.0. The van der Waals surface area contributed by atoms with Gasteiger partial charge in [-0.1, -0.05) is 50.2 Å². The molecule has 0 unspecified atom stereocenters. The van der Waals surface area contributed by atoms with Gasteiger partial charge in [0.05, 0.1) is 28.2 Å². The number of amides is 1. The molecule has 3 aromatic rings. The molecule has 0 aromatic heterocycles. The second-order valence-corrected chi connectivity index (χ2v) is 8.06. The van der Waals surface area contributed by atoms with Gasteiger partial charge in [0.25, 0.3) is 5.91 Å². The molecule has 0 saturated carbocycles. The lowest BCUT2D eigenvalue weighted by Gasteiger charge is -2.13. The fraction of sp³-hybridized carbons (Fsp3) is 0.179. The number of carbonyl (C=O) groups excluding carboxylic acids is 2. The second-order valence-electron chi connectivity index (χ2n) is 8.06. The molecule has 0 fully saturated rings. The fourth-order valence-corrected chi connectivity index (χ4v) is 3.81. The molecule has 7 nitrogen and oxygen atoms in total. The summed E-state index contributed by atoms with van der Waals surface area (Å²) in [5.74, 6) is -0.758. The van der Waals surface area contributed by atoms with Gasteiger partial charge in [0.1, 0.15) is 0 Å². The van der Waals surface area contributed by atoms with Crippen LogP contribution in [0.2, 0.25) is 0 Å². The van der Waals surface area contributed by atoms with Crippen molar-refractivity contribution < 1.29 is 14.4 Å². The summed E-state index contributed by atoms with van der Waals surface area (Å²) in [7, 11) is 0. The summed E-state index contributed by atoms with van der Waals surface area (Å²) in [4.78, 5) is 30.8. The molecule has 0 aliphatic carbocycles. The quantitative estimate of drug-likeness (QED) is 0.327. The smallest absolute Gasteiger partial charge is 0.361 e. The first-order chi connectivity index (χ1) is 17.0. The van der Waals surface area contributed by atoms with Crippen molar-refractivity contribution >= 4 is 34.7 Å². The van der Waals surface area contributed by atoms with Crippen molar-refractivity contribution in [1.29, 1.82) is 0 Å². The molecule has 2 N–H and O–H groups in total. The minimum absolute atomic E-state index is 0.239. The highest BCUT2D eigenvalue weighted by Crippen LogP contribution is 2.25. The standard InChI is InChI=1S/C28H28N4O3/c1-4-20-10-6-8-12-25(20)29-18-24-19(3)30-32(27(24)33)23-16-14-22(15-17-23)28(34)35-31-26-13-9-7-11-21(26)5-2/h6-18,29,31H,4-5H2,1-3H3. The van der Waals surface area contributed by atoms with Crippen molar-refractivity contribution in [2.75, 3.05) is 15.8 Å². The van der Waals surface area contributed by atoms with Crippen LogP contribution in [0.1, 0.15) is 42.3 Å². The highest BCUT2D eigenvalue weighted by Gasteiger charge is 2.29. The van der Waals surface area contributed by atoms with Crippen LogP contribution in [0.3, 0.4) is 0 Å². The highest BCUT2D eigenvalue weighted by atomic mass is 16.7. The van der Waals surface area contributed by atoms with Crippen molar-refractivity contribution in [3.05, 3.63) is 101 Å². The molecule has 1 aliphatic rings. The summed E-state index contributed by atoms with van der Waals surface area (Å²) in [6, 6.07) is 22.2. The largest absolute Gasteiger partial charge is 0.362 e. The van der Waals surface area contributed by atoms with E-state index in [1.807, 2.05) is 49.4 Å². The summed E-state index contributed by atoms with van der Waals surface area (Å²) in [5.41, 5.74) is 8.67. The topological polar surface area (TPSA) is 83.0 Å². The van der Waals surface area contributed by atoms with Crippen LogP contribution in [0, 0.1) is 0 Å². The van der Waals surface area contributed by atoms with Gasteiger partial charge in [-0.3, -0.25) is 4.79 Å². The van der Waals surface area contributed by atoms with E-state index in [1.54, 1.807) is 37.4 Å². The Morgan fingerprint density at radius 3 is 2.17 bits per heavy atom. The van der Waals surface area contributed by atoms with Crippen LogP contribution in [-0.2, 0) is 22.5 Å². The number of hydrogen-bond donors (Lipinski definition) is 2. The lowest BCUT2D eigenvalue weighted by molar-refractivity contribution is -0.114. The Balaban J connectivity index is 1.42. The van der Waals surface area contributed by atoms with Crippen LogP contribution < -0.4 is 15.8 Å². The first-order valence-electron chi connectivity index (χ1n) is 11.6.